The molecule has 2 rings (SSSR count). The minimum Gasteiger partial charge on any atom is -0.381 e. The van der Waals surface area contributed by atoms with Crippen LogP contribution in [0.4, 0.5) is 4.39 Å². The van der Waals surface area contributed by atoms with Gasteiger partial charge >= 0.3 is 0 Å². The lowest BCUT2D eigenvalue weighted by molar-refractivity contribution is 0.181. The normalized spacial score (nSPS) is 21.2. The van der Waals surface area contributed by atoms with Gasteiger partial charge in [0.1, 0.15) is 5.82 Å². The first-order valence-electron chi connectivity index (χ1n) is 6.38. The lowest BCUT2D eigenvalue weighted by Gasteiger charge is -2.20. The number of likely N-dealkylation sites (N-methyl/N-ethyl adjacent to an activating group) is 1. The molecule has 0 amide bonds. The molecule has 0 bridgehead atoms. The third kappa shape index (κ3) is 3.67. The molecule has 100 valence electrons. The van der Waals surface area contributed by atoms with E-state index in [0.717, 1.165) is 38.0 Å². The molecule has 0 aliphatic carbocycles. The third-order valence-corrected chi connectivity index (χ3v) is 3.89. The average molecular weight is 272 g/mol. The Morgan fingerprint density at radius 3 is 3.06 bits per heavy atom. The second-order valence-corrected chi connectivity index (χ2v) is 5.30. The van der Waals surface area contributed by atoms with Gasteiger partial charge in [-0.3, -0.25) is 0 Å². The predicted octanol–water partition coefficient (Wildman–Crippen LogP) is 3.04. The summed E-state index contributed by atoms with van der Waals surface area (Å²) >= 11 is 6.09. The number of nitrogens with one attached hydrogen (secondary N) is 1. The molecule has 18 heavy (non-hydrogen) atoms. The Hall–Kier alpha value is -0.640. The molecule has 2 atom stereocenters. The van der Waals surface area contributed by atoms with Crippen LogP contribution in [0.5, 0.6) is 0 Å². The topological polar surface area (TPSA) is 21.3 Å². The molecule has 1 aliphatic heterocycles. The van der Waals surface area contributed by atoms with Crippen molar-refractivity contribution in [2.24, 2.45) is 5.92 Å². The van der Waals surface area contributed by atoms with Crippen LogP contribution in [0.1, 0.15) is 18.4 Å². The van der Waals surface area contributed by atoms with E-state index >= 15 is 0 Å². The van der Waals surface area contributed by atoms with Crippen molar-refractivity contribution in [3.8, 4) is 0 Å². The van der Waals surface area contributed by atoms with Crippen LogP contribution in [-0.4, -0.2) is 26.3 Å². The Morgan fingerprint density at radius 2 is 2.39 bits per heavy atom. The molecule has 1 aromatic rings. The molecule has 1 saturated heterocycles. The second-order valence-electron chi connectivity index (χ2n) is 4.89. The zero-order valence-corrected chi connectivity index (χ0v) is 11.3. The van der Waals surface area contributed by atoms with E-state index in [9.17, 15) is 4.39 Å². The lowest BCUT2D eigenvalue weighted by atomic mass is 9.94. The highest BCUT2D eigenvalue weighted by molar-refractivity contribution is 6.31. The molecule has 1 fully saturated rings. The number of halogens is 2. The van der Waals surface area contributed by atoms with Crippen molar-refractivity contribution < 1.29 is 9.13 Å². The molecule has 2 unspecified atom stereocenters. The van der Waals surface area contributed by atoms with E-state index in [4.69, 9.17) is 16.3 Å². The molecule has 1 aromatic carbocycles. The quantitative estimate of drug-likeness (QED) is 0.889. The molecule has 0 saturated carbocycles. The van der Waals surface area contributed by atoms with Gasteiger partial charge in [-0.2, -0.15) is 0 Å². The van der Waals surface area contributed by atoms with Crippen molar-refractivity contribution in [3.63, 3.8) is 0 Å². The summed E-state index contributed by atoms with van der Waals surface area (Å²) in [6.45, 7) is 1.71. The number of hydrogen-bond donors (Lipinski definition) is 1. The molecular formula is C14H19ClFNO. The van der Waals surface area contributed by atoms with Crippen LogP contribution in [0.15, 0.2) is 18.2 Å². The van der Waals surface area contributed by atoms with Crippen molar-refractivity contribution >= 4 is 11.6 Å². The van der Waals surface area contributed by atoms with Gasteiger partial charge in [0.2, 0.25) is 0 Å². The fraction of sp³-hybridized carbons (Fsp3) is 0.571. The first kappa shape index (κ1) is 13.8. The van der Waals surface area contributed by atoms with Gasteiger partial charge in [-0.25, -0.2) is 4.39 Å². The zero-order chi connectivity index (χ0) is 13.0. The van der Waals surface area contributed by atoms with Crippen molar-refractivity contribution in [1.29, 1.82) is 0 Å². The molecule has 4 heteroatoms. The summed E-state index contributed by atoms with van der Waals surface area (Å²) in [4.78, 5) is 0. The van der Waals surface area contributed by atoms with E-state index < -0.39 is 0 Å². The lowest BCUT2D eigenvalue weighted by Crippen LogP contribution is -2.30. The van der Waals surface area contributed by atoms with Gasteiger partial charge in [-0.1, -0.05) is 11.6 Å². The first-order chi connectivity index (χ1) is 8.69. The Bertz CT molecular complexity index is 393. The largest absolute Gasteiger partial charge is 0.381 e. The molecule has 0 aromatic heterocycles. The standard InChI is InChI=1S/C14H19ClFNO/c1-17-13(6-10-4-5-18-9-10)8-11-7-12(16)2-3-14(11)15/h2-3,7,10,13,17H,4-6,8-9H2,1H3. The minimum atomic E-state index is -0.228. The molecule has 1 heterocycles. The van der Waals surface area contributed by atoms with E-state index in [2.05, 4.69) is 5.32 Å². The molecule has 0 radical (unpaired) electrons. The molecule has 1 N–H and O–H groups in total. The van der Waals surface area contributed by atoms with E-state index in [0.29, 0.717) is 17.0 Å². The number of hydrogen-bond acceptors (Lipinski definition) is 2. The maximum atomic E-state index is 13.2. The van der Waals surface area contributed by atoms with Crippen LogP contribution in [0.25, 0.3) is 0 Å². The minimum absolute atomic E-state index is 0.228. The van der Waals surface area contributed by atoms with E-state index in [1.54, 1.807) is 6.07 Å². The summed E-state index contributed by atoms with van der Waals surface area (Å²) in [6.07, 6.45) is 2.92. The first-order valence-corrected chi connectivity index (χ1v) is 6.75. The monoisotopic (exact) mass is 271 g/mol. The molecular weight excluding hydrogens is 253 g/mol. The molecule has 1 aliphatic rings. The van der Waals surface area contributed by atoms with E-state index in [1.165, 1.54) is 12.1 Å². The maximum absolute atomic E-state index is 13.2. The molecule has 0 spiro atoms. The summed E-state index contributed by atoms with van der Waals surface area (Å²) in [7, 11) is 1.94. The molecule has 2 nitrogen and oxygen atoms in total. The number of ether oxygens (including phenoxy) is 1. The fourth-order valence-corrected chi connectivity index (χ4v) is 2.63. The van der Waals surface area contributed by atoms with Crippen molar-refractivity contribution in [2.45, 2.75) is 25.3 Å². The summed E-state index contributed by atoms with van der Waals surface area (Å²) in [5.74, 6) is 0.378. The third-order valence-electron chi connectivity index (χ3n) is 3.52. The summed E-state index contributed by atoms with van der Waals surface area (Å²) in [6, 6.07) is 4.86. The van der Waals surface area contributed by atoms with Crippen LogP contribution in [0.3, 0.4) is 0 Å². The number of rotatable bonds is 5. The van der Waals surface area contributed by atoms with Gasteiger partial charge in [0, 0.05) is 24.3 Å². The van der Waals surface area contributed by atoms with Crippen molar-refractivity contribution in [3.05, 3.63) is 34.6 Å². The second kappa shape index (κ2) is 6.50. The predicted molar refractivity (Wildman–Crippen MR) is 71.5 cm³/mol. The van der Waals surface area contributed by atoms with E-state index in [1.807, 2.05) is 7.05 Å². The SMILES string of the molecule is CNC(Cc1cc(F)ccc1Cl)CC1CCOC1. The van der Waals surface area contributed by atoms with Gasteiger partial charge in [0.25, 0.3) is 0 Å². The Kier molecular flexibility index (Phi) is 4.98. The van der Waals surface area contributed by atoms with Gasteiger partial charge in [-0.15, -0.1) is 0 Å². The fourth-order valence-electron chi connectivity index (χ4n) is 2.44. The zero-order valence-electron chi connectivity index (χ0n) is 10.6. The average Bonchev–Trinajstić information content (AvgIpc) is 2.85. The highest BCUT2D eigenvalue weighted by atomic mass is 35.5. The number of benzene rings is 1. The summed E-state index contributed by atoms with van der Waals surface area (Å²) in [5.41, 5.74) is 0.870. The summed E-state index contributed by atoms with van der Waals surface area (Å²) < 4.78 is 18.6. The van der Waals surface area contributed by atoms with Crippen LogP contribution in [0, 0.1) is 11.7 Å². The van der Waals surface area contributed by atoms with Gasteiger partial charge < -0.3 is 10.1 Å². The Morgan fingerprint density at radius 1 is 1.56 bits per heavy atom. The maximum Gasteiger partial charge on any atom is 0.123 e. The van der Waals surface area contributed by atoms with Gasteiger partial charge in [0.15, 0.2) is 0 Å². The van der Waals surface area contributed by atoms with Gasteiger partial charge in [-0.05, 0) is 56.0 Å². The van der Waals surface area contributed by atoms with Crippen molar-refractivity contribution in [1.82, 2.24) is 5.32 Å². The smallest absolute Gasteiger partial charge is 0.123 e. The Labute approximate surface area is 112 Å². The van der Waals surface area contributed by atoms with Crippen LogP contribution in [-0.2, 0) is 11.2 Å². The van der Waals surface area contributed by atoms with Crippen LogP contribution >= 0.6 is 11.6 Å². The summed E-state index contributed by atoms with van der Waals surface area (Å²) in [5, 5.41) is 3.93. The van der Waals surface area contributed by atoms with E-state index in [-0.39, 0.29) is 5.82 Å². The van der Waals surface area contributed by atoms with Crippen molar-refractivity contribution in [2.75, 3.05) is 20.3 Å². The Balaban J connectivity index is 1.98. The van der Waals surface area contributed by atoms with Gasteiger partial charge in [0.05, 0.1) is 0 Å². The highest BCUT2D eigenvalue weighted by Crippen LogP contribution is 2.23. The van der Waals surface area contributed by atoms with Crippen LogP contribution < -0.4 is 5.32 Å². The highest BCUT2D eigenvalue weighted by Gasteiger charge is 2.20. The van der Waals surface area contributed by atoms with Crippen LogP contribution in [0.2, 0.25) is 5.02 Å².